The van der Waals surface area contributed by atoms with Crippen molar-refractivity contribution >= 4 is 45.6 Å². The van der Waals surface area contributed by atoms with E-state index in [9.17, 15) is 9.59 Å². The minimum atomic E-state index is -0.370. The summed E-state index contributed by atoms with van der Waals surface area (Å²) in [5.41, 5.74) is 2.45. The molecule has 0 aliphatic heterocycles. The van der Waals surface area contributed by atoms with Crippen LogP contribution in [0.4, 0.5) is 5.13 Å². The number of allylic oxidation sites excluding steroid dienone is 1. The van der Waals surface area contributed by atoms with Gasteiger partial charge in [0, 0.05) is 12.8 Å². The van der Waals surface area contributed by atoms with Crippen LogP contribution in [0, 0.1) is 0 Å². The van der Waals surface area contributed by atoms with Crippen molar-refractivity contribution in [2.75, 3.05) is 18.4 Å². The Balaban J connectivity index is 1.57. The summed E-state index contributed by atoms with van der Waals surface area (Å²) in [5, 5.41) is 15.0. The fourth-order valence-corrected chi connectivity index (χ4v) is 4.11. The van der Waals surface area contributed by atoms with Gasteiger partial charge in [0.25, 0.3) is 0 Å². The molecule has 11 heteroatoms. The summed E-state index contributed by atoms with van der Waals surface area (Å²) < 4.78 is 6.56. The molecular formula is C19H27N5O4S2. The number of carbonyl (C=O) groups is 2. The van der Waals surface area contributed by atoms with E-state index in [1.807, 2.05) is 6.92 Å². The zero-order valence-electron chi connectivity index (χ0n) is 16.9. The van der Waals surface area contributed by atoms with Crippen LogP contribution in [0.1, 0.15) is 50.7 Å². The van der Waals surface area contributed by atoms with Crippen molar-refractivity contribution < 1.29 is 19.2 Å². The van der Waals surface area contributed by atoms with Crippen LogP contribution < -0.4 is 16.1 Å². The molecule has 164 valence electrons. The van der Waals surface area contributed by atoms with Gasteiger partial charge in [0.2, 0.25) is 17.7 Å². The van der Waals surface area contributed by atoms with Crippen molar-refractivity contribution in [2.45, 2.75) is 49.0 Å². The average molecular weight is 454 g/mol. The second-order valence-electron chi connectivity index (χ2n) is 6.57. The number of hydrogen-bond donors (Lipinski definition) is 4. The molecule has 0 radical (unpaired) electrons. The monoisotopic (exact) mass is 453 g/mol. The summed E-state index contributed by atoms with van der Waals surface area (Å²) in [6, 6.07) is 0. The predicted octanol–water partition coefficient (Wildman–Crippen LogP) is 3.44. The van der Waals surface area contributed by atoms with Crippen LogP contribution in [0.2, 0.25) is 0 Å². The maximum atomic E-state index is 12.0. The van der Waals surface area contributed by atoms with E-state index in [1.54, 1.807) is 29.6 Å². The molecule has 0 aromatic carbocycles. The van der Waals surface area contributed by atoms with Gasteiger partial charge in [0.1, 0.15) is 5.76 Å². The smallest absolute Gasteiger partial charge is 0.243 e. The number of thioether (sulfide) groups is 1. The Kier molecular flexibility index (Phi) is 10.6. The first kappa shape index (κ1) is 24.1. The van der Waals surface area contributed by atoms with E-state index in [-0.39, 0.29) is 11.8 Å². The van der Waals surface area contributed by atoms with Gasteiger partial charge >= 0.3 is 0 Å². The molecule has 0 unspecified atom stereocenters. The SMILES string of the molecule is C=C(C)c1cnc(CSc2cnc(NC(=O)CCCNCCCCC(=O)NO)s2)o1. The van der Waals surface area contributed by atoms with Crippen LogP contribution in [0.5, 0.6) is 0 Å². The molecule has 2 heterocycles. The number of nitrogens with zero attached hydrogens (tertiary/aromatic N) is 2. The summed E-state index contributed by atoms with van der Waals surface area (Å²) in [6.45, 7) is 7.19. The quantitative estimate of drug-likeness (QED) is 0.148. The normalized spacial score (nSPS) is 10.7. The zero-order valence-corrected chi connectivity index (χ0v) is 18.5. The fourth-order valence-electron chi connectivity index (χ4n) is 2.36. The Hall–Kier alpha value is -2.21. The third kappa shape index (κ3) is 9.08. The zero-order chi connectivity index (χ0) is 21.8. The molecule has 30 heavy (non-hydrogen) atoms. The van der Waals surface area contributed by atoms with E-state index >= 15 is 0 Å². The number of unbranched alkanes of at least 4 members (excludes halogenated alkanes) is 1. The summed E-state index contributed by atoms with van der Waals surface area (Å²) in [4.78, 5) is 31.3. The van der Waals surface area contributed by atoms with Crippen molar-refractivity contribution in [2.24, 2.45) is 0 Å². The number of amides is 2. The lowest BCUT2D eigenvalue weighted by Gasteiger charge is -2.04. The van der Waals surface area contributed by atoms with Crippen LogP contribution in [0.3, 0.4) is 0 Å². The molecule has 0 fully saturated rings. The van der Waals surface area contributed by atoms with E-state index in [0.29, 0.717) is 48.2 Å². The minimum Gasteiger partial charge on any atom is -0.440 e. The topological polar surface area (TPSA) is 129 Å². The number of anilines is 1. The standard InChI is InChI=1S/C19H27N5O4S2/c1-13(2)14-10-21-17(28-14)12-29-18-11-22-19(30-18)23-15(25)7-5-9-20-8-4-3-6-16(26)24-27/h10-11,20,27H,1,3-9,12H2,2H3,(H,24,26)(H,22,23,25). The molecule has 2 aromatic rings. The number of hydrogen-bond acceptors (Lipinski definition) is 9. The van der Waals surface area contributed by atoms with Gasteiger partial charge in [-0.2, -0.15) is 0 Å². The molecule has 9 nitrogen and oxygen atoms in total. The maximum absolute atomic E-state index is 12.0. The van der Waals surface area contributed by atoms with Crippen LogP contribution >= 0.6 is 23.1 Å². The highest BCUT2D eigenvalue weighted by molar-refractivity contribution is 8.00. The van der Waals surface area contributed by atoms with Gasteiger partial charge in [0.05, 0.1) is 22.4 Å². The molecule has 4 N–H and O–H groups in total. The number of hydroxylamine groups is 1. The highest BCUT2D eigenvalue weighted by Gasteiger charge is 2.09. The van der Waals surface area contributed by atoms with Crippen molar-refractivity contribution in [1.82, 2.24) is 20.8 Å². The molecule has 0 aliphatic rings. The van der Waals surface area contributed by atoms with Gasteiger partial charge in [-0.05, 0) is 44.8 Å². The van der Waals surface area contributed by atoms with Crippen molar-refractivity contribution in [1.29, 1.82) is 0 Å². The van der Waals surface area contributed by atoms with Gasteiger partial charge in [-0.1, -0.05) is 17.9 Å². The Morgan fingerprint density at radius 1 is 1.17 bits per heavy atom. The van der Waals surface area contributed by atoms with Crippen LogP contribution in [0.25, 0.3) is 5.57 Å². The highest BCUT2D eigenvalue weighted by Crippen LogP contribution is 2.31. The average Bonchev–Trinajstić information content (AvgIpc) is 3.37. The summed E-state index contributed by atoms with van der Waals surface area (Å²) >= 11 is 2.97. The fraction of sp³-hybridized carbons (Fsp3) is 0.474. The van der Waals surface area contributed by atoms with Gasteiger partial charge in [0.15, 0.2) is 5.13 Å². The first-order valence-corrected chi connectivity index (χ1v) is 11.4. The molecule has 2 rings (SSSR count). The number of carbonyl (C=O) groups excluding carboxylic acids is 2. The molecule has 2 amide bonds. The summed E-state index contributed by atoms with van der Waals surface area (Å²) in [6.07, 6.45) is 6.36. The molecule has 0 atom stereocenters. The number of nitrogens with one attached hydrogen (secondary N) is 3. The lowest BCUT2D eigenvalue weighted by atomic mass is 10.2. The number of rotatable bonds is 14. The Morgan fingerprint density at radius 3 is 2.67 bits per heavy atom. The lowest BCUT2D eigenvalue weighted by molar-refractivity contribution is -0.129. The number of thiazole rings is 1. The van der Waals surface area contributed by atoms with Crippen LogP contribution in [-0.2, 0) is 15.3 Å². The largest absolute Gasteiger partial charge is 0.440 e. The first-order chi connectivity index (χ1) is 14.5. The van der Waals surface area contributed by atoms with Crippen molar-refractivity contribution in [3.8, 4) is 0 Å². The van der Waals surface area contributed by atoms with Crippen LogP contribution in [-0.4, -0.2) is 40.1 Å². The minimum absolute atomic E-state index is 0.0684. The molecule has 0 saturated heterocycles. The van der Waals surface area contributed by atoms with E-state index in [2.05, 4.69) is 27.2 Å². The molecular weight excluding hydrogens is 426 g/mol. The van der Waals surface area contributed by atoms with Crippen molar-refractivity contribution in [3.05, 3.63) is 30.6 Å². The van der Waals surface area contributed by atoms with E-state index in [4.69, 9.17) is 9.62 Å². The Morgan fingerprint density at radius 2 is 1.93 bits per heavy atom. The maximum Gasteiger partial charge on any atom is 0.243 e. The number of aromatic nitrogens is 2. The number of oxazole rings is 1. The summed E-state index contributed by atoms with van der Waals surface area (Å²) in [7, 11) is 0. The first-order valence-electron chi connectivity index (χ1n) is 9.60. The third-order valence-corrected chi connectivity index (χ3v) is 6.02. The molecule has 0 aliphatic carbocycles. The third-order valence-electron chi connectivity index (χ3n) is 3.93. The van der Waals surface area contributed by atoms with Crippen LogP contribution in [0.15, 0.2) is 27.6 Å². The molecule has 0 saturated carbocycles. The second kappa shape index (κ2) is 13.2. The highest BCUT2D eigenvalue weighted by atomic mass is 32.2. The summed E-state index contributed by atoms with van der Waals surface area (Å²) in [5.74, 6) is 1.46. The molecule has 2 aromatic heterocycles. The Labute approximate surface area is 183 Å². The van der Waals surface area contributed by atoms with E-state index < -0.39 is 0 Å². The molecule has 0 spiro atoms. The molecule has 0 bridgehead atoms. The van der Waals surface area contributed by atoms with Gasteiger partial charge in [-0.25, -0.2) is 15.4 Å². The Bertz CT molecular complexity index is 837. The second-order valence-corrected chi connectivity index (χ2v) is 8.87. The van der Waals surface area contributed by atoms with E-state index in [1.165, 1.54) is 11.3 Å². The predicted molar refractivity (Wildman–Crippen MR) is 117 cm³/mol. The van der Waals surface area contributed by atoms with Crippen molar-refractivity contribution in [3.63, 3.8) is 0 Å². The van der Waals surface area contributed by atoms with Gasteiger partial charge < -0.3 is 15.1 Å². The van der Waals surface area contributed by atoms with Gasteiger partial charge in [-0.15, -0.1) is 11.8 Å². The lowest BCUT2D eigenvalue weighted by Crippen LogP contribution is -2.21. The van der Waals surface area contributed by atoms with Gasteiger partial charge in [-0.3, -0.25) is 14.8 Å². The van der Waals surface area contributed by atoms with E-state index in [0.717, 1.165) is 29.3 Å².